The van der Waals surface area contributed by atoms with Crippen molar-refractivity contribution in [2.75, 3.05) is 11.1 Å². The lowest BCUT2D eigenvalue weighted by atomic mass is 10.1. The number of anilines is 2. The minimum atomic E-state index is -0.114. The van der Waals surface area contributed by atoms with Crippen molar-refractivity contribution in [3.8, 4) is 0 Å². The molecule has 1 atom stereocenters. The topological polar surface area (TPSA) is 80.0 Å². The van der Waals surface area contributed by atoms with Gasteiger partial charge in [0.15, 0.2) is 5.13 Å². The third-order valence-electron chi connectivity index (χ3n) is 3.03. The van der Waals surface area contributed by atoms with Crippen molar-refractivity contribution in [3.05, 3.63) is 4.88 Å². The highest BCUT2D eigenvalue weighted by atomic mass is 32.1. The summed E-state index contributed by atoms with van der Waals surface area (Å²) in [7, 11) is 0. The number of nitrogens with one attached hydrogen (secondary N) is 2. The molecule has 1 heterocycles. The van der Waals surface area contributed by atoms with E-state index in [-0.39, 0.29) is 17.5 Å². The van der Waals surface area contributed by atoms with Gasteiger partial charge in [0.25, 0.3) is 5.91 Å². The molecule has 1 fully saturated rings. The number of rotatable bonds is 4. The number of nitrogens with two attached hydrogens (primary N) is 1. The molecule has 1 aromatic heterocycles. The summed E-state index contributed by atoms with van der Waals surface area (Å²) in [6.45, 7) is 8.17. The van der Waals surface area contributed by atoms with Gasteiger partial charge in [-0.1, -0.05) is 11.3 Å². The highest BCUT2D eigenvalue weighted by Crippen LogP contribution is 2.33. The highest BCUT2D eigenvalue weighted by molar-refractivity contribution is 7.18. The van der Waals surface area contributed by atoms with E-state index < -0.39 is 0 Å². The first-order valence-corrected chi connectivity index (χ1v) is 7.43. The van der Waals surface area contributed by atoms with Crippen LogP contribution in [0.5, 0.6) is 0 Å². The van der Waals surface area contributed by atoms with Crippen LogP contribution in [0.3, 0.4) is 0 Å². The van der Waals surface area contributed by atoms with Crippen LogP contribution in [0.2, 0.25) is 0 Å². The number of amides is 1. The zero-order chi connectivity index (χ0) is 14.2. The molecule has 1 unspecified atom stereocenters. The van der Waals surface area contributed by atoms with Gasteiger partial charge in [-0.3, -0.25) is 4.79 Å². The van der Waals surface area contributed by atoms with Gasteiger partial charge in [-0.25, -0.2) is 4.98 Å². The Hall–Kier alpha value is -1.30. The summed E-state index contributed by atoms with van der Waals surface area (Å²) in [6, 6.07) is 0.216. The van der Waals surface area contributed by atoms with Crippen molar-refractivity contribution in [2.45, 2.75) is 52.1 Å². The van der Waals surface area contributed by atoms with E-state index in [4.69, 9.17) is 5.73 Å². The fourth-order valence-electron chi connectivity index (χ4n) is 1.86. The largest absolute Gasteiger partial charge is 0.382 e. The van der Waals surface area contributed by atoms with Crippen molar-refractivity contribution in [1.29, 1.82) is 0 Å². The highest BCUT2D eigenvalue weighted by Gasteiger charge is 2.30. The lowest BCUT2D eigenvalue weighted by molar-refractivity contribution is 0.0940. The Kier molecular flexibility index (Phi) is 3.71. The maximum atomic E-state index is 12.1. The van der Waals surface area contributed by atoms with E-state index >= 15 is 0 Å². The fraction of sp³-hybridized carbons (Fsp3) is 0.692. The van der Waals surface area contributed by atoms with E-state index in [1.807, 2.05) is 27.7 Å². The molecule has 6 heteroatoms. The van der Waals surface area contributed by atoms with Crippen LogP contribution < -0.4 is 16.4 Å². The summed E-state index contributed by atoms with van der Waals surface area (Å²) in [5, 5.41) is 6.92. The first kappa shape index (κ1) is 14.1. The molecular formula is C13H22N4OS. The Morgan fingerprint density at radius 2 is 2.11 bits per heavy atom. The van der Waals surface area contributed by atoms with Gasteiger partial charge in [-0.05, 0) is 46.5 Å². The van der Waals surface area contributed by atoms with E-state index in [2.05, 4.69) is 15.6 Å². The van der Waals surface area contributed by atoms with Crippen LogP contribution >= 0.6 is 11.3 Å². The van der Waals surface area contributed by atoms with E-state index in [1.165, 1.54) is 24.2 Å². The minimum absolute atomic E-state index is 0.0979. The van der Waals surface area contributed by atoms with Crippen molar-refractivity contribution < 1.29 is 4.79 Å². The number of carbonyl (C=O) groups is 1. The molecular weight excluding hydrogens is 260 g/mol. The third-order valence-corrected chi connectivity index (χ3v) is 4.01. The average molecular weight is 282 g/mol. The molecule has 19 heavy (non-hydrogen) atoms. The maximum Gasteiger partial charge on any atom is 0.265 e. The summed E-state index contributed by atoms with van der Waals surface area (Å²) in [4.78, 5) is 16.8. The monoisotopic (exact) mass is 282 g/mol. The minimum Gasteiger partial charge on any atom is -0.382 e. The molecule has 0 bridgehead atoms. The Balaban J connectivity index is 2.04. The summed E-state index contributed by atoms with van der Waals surface area (Å²) in [6.07, 6.45) is 2.41. The lowest BCUT2D eigenvalue weighted by Crippen LogP contribution is -2.33. The van der Waals surface area contributed by atoms with Crippen LogP contribution in [0.25, 0.3) is 0 Å². The van der Waals surface area contributed by atoms with Gasteiger partial charge < -0.3 is 16.4 Å². The van der Waals surface area contributed by atoms with E-state index in [9.17, 15) is 4.79 Å². The molecule has 5 nitrogen and oxygen atoms in total. The number of hydrogen-bond acceptors (Lipinski definition) is 5. The second kappa shape index (κ2) is 5.00. The predicted octanol–water partition coefficient (Wildman–Crippen LogP) is 2.46. The van der Waals surface area contributed by atoms with Crippen LogP contribution in [0.4, 0.5) is 10.9 Å². The second-order valence-electron chi connectivity index (χ2n) is 6.21. The normalized spacial score (nSPS) is 17.1. The third kappa shape index (κ3) is 3.83. The molecule has 1 aliphatic carbocycles. The molecule has 2 rings (SSSR count). The van der Waals surface area contributed by atoms with Crippen molar-refractivity contribution in [2.24, 2.45) is 5.92 Å². The Morgan fingerprint density at radius 3 is 2.63 bits per heavy atom. The molecule has 1 aliphatic rings. The number of aromatic nitrogens is 1. The first-order valence-electron chi connectivity index (χ1n) is 6.61. The number of nitrogen functional groups attached to an aromatic ring is 1. The molecule has 0 spiro atoms. The Labute approximate surface area is 118 Å². The molecule has 0 aliphatic heterocycles. The van der Waals surface area contributed by atoms with Crippen LogP contribution in [0.1, 0.15) is 50.2 Å². The zero-order valence-corrected chi connectivity index (χ0v) is 12.7. The second-order valence-corrected chi connectivity index (χ2v) is 7.21. The number of thiazole rings is 1. The molecule has 1 amide bonds. The molecule has 0 aromatic carbocycles. The summed E-state index contributed by atoms with van der Waals surface area (Å²) < 4.78 is 0. The molecule has 4 N–H and O–H groups in total. The summed E-state index contributed by atoms with van der Waals surface area (Å²) in [5.41, 5.74) is 5.73. The quantitative estimate of drug-likeness (QED) is 0.792. The predicted molar refractivity (Wildman–Crippen MR) is 79.6 cm³/mol. The van der Waals surface area contributed by atoms with Crippen LogP contribution in [-0.2, 0) is 0 Å². The molecule has 1 aromatic rings. The number of carbonyl (C=O) groups excluding carboxylic acids is 1. The van der Waals surface area contributed by atoms with Gasteiger partial charge >= 0.3 is 0 Å². The lowest BCUT2D eigenvalue weighted by Gasteiger charge is -2.19. The van der Waals surface area contributed by atoms with Crippen molar-refractivity contribution in [3.63, 3.8) is 0 Å². The Bertz CT molecular complexity index is 473. The SMILES string of the molecule is CC(NC(=O)c1sc(NC(C)(C)C)nc1N)C1CC1. The van der Waals surface area contributed by atoms with Crippen LogP contribution in [0, 0.1) is 5.92 Å². The van der Waals surface area contributed by atoms with Gasteiger partial charge in [-0.2, -0.15) is 0 Å². The van der Waals surface area contributed by atoms with Gasteiger partial charge in [0, 0.05) is 11.6 Å². The van der Waals surface area contributed by atoms with Gasteiger partial charge in [0.1, 0.15) is 10.7 Å². The van der Waals surface area contributed by atoms with E-state index in [0.717, 1.165) is 0 Å². The average Bonchev–Trinajstić information content (AvgIpc) is 3.02. The fourth-order valence-corrected chi connectivity index (χ4v) is 2.85. The van der Waals surface area contributed by atoms with Gasteiger partial charge in [-0.15, -0.1) is 0 Å². The van der Waals surface area contributed by atoms with Gasteiger partial charge in [0.05, 0.1) is 0 Å². The number of hydrogen-bond donors (Lipinski definition) is 3. The molecule has 0 saturated heterocycles. The Morgan fingerprint density at radius 1 is 1.47 bits per heavy atom. The van der Waals surface area contributed by atoms with E-state index in [1.54, 1.807) is 0 Å². The van der Waals surface area contributed by atoms with Crippen LogP contribution in [0.15, 0.2) is 0 Å². The summed E-state index contributed by atoms with van der Waals surface area (Å²) >= 11 is 1.31. The number of nitrogens with zero attached hydrogens (tertiary/aromatic N) is 1. The molecule has 106 valence electrons. The van der Waals surface area contributed by atoms with E-state index in [0.29, 0.717) is 21.7 Å². The van der Waals surface area contributed by atoms with Crippen molar-refractivity contribution in [1.82, 2.24) is 10.3 Å². The molecule has 1 saturated carbocycles. The van der Waals surface area contributed by atoms with Gasteiger partial charge in [0.2, 0.25) is 0 Å². The van der Waals surface area contributed by atoms with Crippen LogP contribution in [-0.4, -0.2) is 22.5 Å². The maximum absolute atomic E-state index is 12.1. The zero-order valence-electron chi connectivity index (χ0n) is 11.9. The smallest absolute Gasteiger partial charge is 0.265 e. The summed E-state index contributed by atoms with van der Waals surface area (Å²) in [5.74, 6) is 0.818. The first-order chi connectivity index (χ1) is 8.76. The molecule has 0 radical (unpaired) electrons. The van der Waals surface area contributed by atoms with Crippen molar-refractivity contribution >= 4 is 28.2 Å². The standard InChI is InChI=1S/C13H22N4OS/c1-7(8-5-6-8)15-11(18)9-10(14)16-12(19-9)17-13(2,3)4/h7-8H,5-6,14H2,1-4H3,(H,15,18)(H,16,17).